The predicted molar refractivity (Wildman–Crippen MR) is 137 cm³/mol. The van der Waals surface area contributed by atoms with Gasteiger partial charge in [-0.3, -0.25) is 9.78 Å². The number of phenols is 1. The van der Waals surface area contributed by atoms with E-state index in [1.165, 1.54) is 12.5 Å². The number of aromatic nitrogens is 1. The summed E-state index contributed by atoms with van der Waals surface area (Å²) in [6.07, 6.45) is 7.83. The molecule has 0 spiro atoms. The lowest BCUT2D eigenvalue weighted by Gasteiger charge is -2.15. The molecule has 7 nitrogen and oxygen atoms in total. The first-order valence-electron chi connectivity index (χ1n) is 12.0. The minimum atomic E-state index is -0.251. The molecule has 0 bridgehead atoms. The first-order chi connectivity index (χ1) is 17.0. The molecular formula is C28H33N3O4. The topological polar surface area (TPSA) is 101 Å². The Labute approximate surface area is 206 Å². The number of carbonyl (C=O) groups excluding carboxylic acids is 2. The number of amides is 2. The van der Waals surface area contributed by atoms with E-state index in [4.69, 9.17) is 4.74 Å². The Morgan fingerprint density at radius 2 is 1.86 bits per heavy atom. The van der Waals surface area contributed by atoms with Gasteiger partial charge in [-0.15, -0.1) is 0 Å². The molecule has 2 amide bonds. The van der Waals surface area contributed by atoms with E-state index < -0.39 is 0 Å². The Balaban J connectivity index is 1.49. The maximum atomic E-state index is 12.3. The van der Waals surface area contributed by atoms with Gasteiger partial charge in [0.1, 0.15) is 18.1 Å². The summed E-state index contributed by atoms with van der Waals surface area (Å²) in [5.41, 5.74) is 3.68. The van der Waals surface area contributed by atoms with Gasteiger partial charge in [0.25, 0.3) is 0 Å². The number of carbonyl (C=O) groups is 2. The second kappa shape index (κ2) is 13.1. The van der Waals surface area contributed by atoms with Crippen LogP contribution in [0.15, 0.2) is 60.9 Å². The summed E-state index contributed by atoms with van der Waals surface area (Å²) in [4.78, 5) is 28.1. The number of pyridine rings is 1. The summed E-state index contributed by atoms with van der Waals surface area (Å²) in [5.74, 6) is 0.359. The van der Waals surface area contributed by atoms with Crippen molar-refractivity contribution in [1.82, 2.24) is 10.3 Å². The maximum Gasteiger partial charge on any atom is 0.319 e. The van der Waals surface area contributed by atoms with Crippen molar-refractivity contribution in [3.05, 3.63) is 83.2 Å². The first-order valence-corrected chi connectivity index (χ1v) is 12.0. The minimum Gasteiger partial charge on any atom is -0.507 e. The van der Waals surface area contributed by atoms with E-state index in [9.17, 15) is 14.7 Å². The number of urea groups is 1. The van der Waals surface area contributed by atoms with Crippen LogP contribution in [0.4, 0.5) is 10.5 Å². The van der Waals surface area contributed by atoms with Gasteiger partial charge in [0.15, 0.2) is 5.78 Å². The minimum absolute atomic E-state index is 0.00984. The van der Waals surface area contributed by atoms with Crippen LogP contribution in [0.2, 0.25) is 0 Å². The van der Waals surface area contributed by atoms with Crippen molar-refractivity contribution < 1.29 is 19.4 Å². The van der Waals surface area contributed by atoms with E-state index in [2.05, 4.69) is 21.7 Å². The molecule has 35 heavy (non-hydrogen) atoms. The molecule has 0 unspecified atom stereocenters. The maximum absolute atomic E-state index is 12.3. The number of ether oxygens (including phenoxy) is 1. The van der Waals surface area contributed by atoms with Crippen LogP contribution in [-0.4, -0.2) is 28.4 Å². The highest BCUT2D eigenvalue weighted by Crippen LogP contribution is 2.33. The SMILES string of the molecule is CCCc1c(OCc2cccc(NC(=O)NCCCCc3cccnc3)c2)ccc(C(C)=O)c1O. The molecular weight excluding hydrogens is 442 g/mol. The van der Waals surface area contributed by atoms with Crippen molar-refractivity contribution in [3.8, 4) is 11.5 Å². The van der Waals surface area contributed by atoms with Crippen LogP contribution in [0, 0.1) is 0 Å². The largest absolute Gasteiger partial charge is 0.507 e. The summed E-state index contributed by atoms with van der Waals surface area (Å²) in [7, 11) is 0. The normalized spacial score (nSPS) is 10.6. The Morgan fingerprint density at radius 1 is 1.03 bits per heavy atom. The number of anilines is 1. The van der Waals surface area contributed by atoms with Gasteiger partial charge in [0.05, 0.1) is 5.56 Å². The lowest BCUT2D eigenvalue weighted by Crippen LogP contribution is -2.29. The molecule has 1 aromatic heterocycles. The van der Waals surface area contributed by atoms with Crippen molar-refractivity contribution in [2.24, 2.45) is 0 Å². The van der Waals surface area contributed by atoms with Gasteiger partial charge in [-0.1, -0.05) is 31.5 Å². The highest BCUT2D eigenvalue weighted by Gasteiger charge is 2.16. The summed E-state index contributed by atoms with van der Waals surface area (Å²) < 4.78 is 5.98. The van der Waals surface area contributed by atoms with Gasteiger partial charge >= 0.3 is 6.03 Å². The van der Waals surface area contributed by atoms with Crippen LogP contribution in [0.25, 0.3) is 0 Å². The highest BCUT2D eigenvalue weighted by atomic mass is 16.5. The third-order valence-electron chi connectivity index (χ3n) is 5.60. The van der Waals surface area contributed by atoms with Gasteiger partial charge in [0.2, 0.25) is 0 Å². The zero-order chi connectivity index (χ0) is 25.0. The Hall–Kier alpha value is -3.87. The molecule has 3 rings (SSSR count). The Kier molecular flexibility index (Phi) is 9.66. The van der Waals surface area contributed by atoms with E-state index in [-0.39, 0.29) is 24.2 Å². The molecule has 0 aliphatic rings. The van der Waals surface area contributed by atoms with Crippen LogP contribution < -0.4 is 15.4 Å². The molecule has 184 valence electrons. The van der Waals surface area contributed by atoms with Crippen LogP contribution in [0.3, 0.4) is 0 Å². The average molecular weight is 476 g/mol. The number of benzene rings is 2. The fraction of sp³-hybridized carbons (Fsp3) is 0.321. The fourth-order valence-corrected chi connectivity index (χ4v) is 3.81. The number of Topliss-reactive ketones (excluding diaryl/α,β-unsaturated/α-hetero) is 1. The third-order valence-corrected chi connectivity index (χ3v) is 5.60. The Morgan fingerprint density at radius 3 is 2.60 bits per heavy atom. The summed E-state index contributed by atoms with van der Waals surface area (Å²) >= 11 is 0. The van der Waals surface area contributed by atoms with E-state index in [0.29, 0.717) is 35.5 Å². The second-order valence-corrected chi connectivity index (χ2v) is 8.43. The number of hydrogen-bond acceptors (Lipinski definition) is 5. The third kappa shape index (κ3) is 7.84. The van der Waals surface area contributed by atoms with Crippen molar-refractivity contribution >= 4 is 17.5 Å². The van der Waals surface area contributed by atoms with Crippen molar-refractivity contribution in [2.75, 3.05) is 11.9 Å². The van der Waals surface area contributed by atoms with E-state index in [0.717, 1.165) is 31.2 Å². The smallest absolute Gasteiger partial charge is 0.319 e. The van der Waals surface area contributed by atoms with Gasteiger partial charge in [-0.2, -0.15) is 0 Å². The van der Waals surface area contributed by atoms with Gasteiger partial charge in [-0.25, -0.2) is 4.79 Å². The summed E-state index contributed by atoms with van der Waals surface area (Å²) in [6, 6.07) is 14.5. The zero-order valence-corrected chi connectivity index (χ0v) is 20.3. The second-order valence-electron chi connectivity index (χ2n) is 8.43. The van der Waals surface area contributed by atoms with E-state index in [1.54, 1.807) is 18.3 Å². The molecule has 0 aliphatic heterocycles. The fourth-order valence-electron chi connectivity index (χ4n) is 3.81. The quantitative estimate of drug-likeness (QED) is 0.232. The van der Waals surface area contributed by atoms with Gasteiger partial charge < -0.3 is 20.5 Å². The molecule has 0 aliphatic carbocycles. The van der Waals surface area contributed by atoms with Crippen LogP contribution in [-0.2, 0) is 19.4 Å². The number of aromatic hydroxyl groups is 1. The molecule has 0 atom stereocenters. The predicted octanol–water partition coefficient (Wildman–Crippen LogP) is 5.67. The average Bonchev–Trinajstić information content (AvgIpc) is 2.85. The number of ketones is 1. The van der Waals surface area contributed by atoms with E-state index in [1.807, 2.05) is 43.5 Å². The number of hydrogen-bond donors (Lipinski definition) is 3. The molecule has 0 radical (unpaired) electrons. The molecule has 2 aromatic carbocycles. The molecule has 0 saturated heterocycles. The van der Waals surface area contributed by atoms with Gasteiger partial charge in [-0.05, 0) is 74.1 Å². The molecule has 3 N–H and O–H groups in total. The number of nitrogens with zero attached hydrogens (tertiary/aromatic N) is 1. The summed E-state index contributed by atoms with van der Waals surface area (Å²) in [6.45, 7) is 4.29. The highest BCUT2D eigenvalue weighted by molar-refractivity contribution is 5.97. The monoisotopic (exact) mass is 475 g/mol. The standard InChI is InChI=1S/C28H33N3O4/c1-3-8-25-26(14-13-24(20(2)32)27(25)33)35-19-22-10-6-12-23(17-22)31-28(34)30-16-5-4-9-21-11-7-15-29-18-21/h6-7,10-15,17-18,33H,3-5,8-9,16,19H2,1-2H3,(H2,30,31,34). The number of rotatable bonds is 12. The van der Waals surface area contributed by atoms with Crippen molar-refractivity contribution in [2.45, 2.75) is 52.6 Å². The lowest BCUT2D eigenvalue weighted by molar-refractivity contribution is 0.101. The number of aryl methyl sites for hydroxylation is 1. The number of phenolic OH excluding ortho intramolecular Hbond substituents is 1. The lowest BCUT2D eigenvalue weighted by atomic mass is 10.0. The van der Waals surface area contributed by atoms with Crippen LogP contribution >= 0.6 is 0 Å². The molecule has 0 fully saturated rings. The number of unbranched alkanes of at least 4 members (excludes halogenated alkanes) is 1. The zero-order valence-electron chi connectivity index (χ0n) is 20.3. The summed E-state index contributed by atoms with van der Waals surface area (Å²) in [5, 5.41) is 16.3. The van der Waals surface area contributed by atoms with E-state index >= 15 is 0 Å². The Bertz CT molecular complexity index is 1130. The molecule has 1 heterocycles. The van der Waals surface area contributed by atoms with Crippen molar-refractivity contribution in [1.29, 1.82) is 0 Å². The number of nitrogens with one attached hydrogen (secondary N) is 2. The van der Waals surface area contributed by atoms with Crippen molar-refractivity contribution in [3.63, 3.8) is 0 Å². The first kappa shape index (κ1) is 25.7. The van der Waals surface area contributed by atoms with Crippen LogP contribution in [0.1, 0.15) is 60.2 Å². The molecule has 3 aromatic rings. The van der Waals surface area contributed by atoms with Gasteiger partial charge in [0, 0.05) is 30.2 Å². The molecule has 0 saturated carbocycles. The van der Waals surface area contributed by atoms with Crippen LogP contribution in [0.5, 0.6) is 11.5 Å². The molecule has 7 heteroatoms.